The number of carbonyl (C=O) groups is 1. The number of rotatable bonds is 2. The Labute approximate surface area is 112 Å². The minimum Gasteiger partial charge on any atom is -0.294 e. The molecule has 0 atom stereocenters. The van der Waals surface area contributed by atoms with Gasteiger partial charge in [0, 0.05) is 12.0 Å². The van der Waals surface area contributed by atoms with Crippen LogP contribution in [-0.2, 0) is 4.79 Å². The average Bonchev–Trinajstić information content (AvgIpc) is 2.49. The van der Waals surface area contributed by atoms with Gasteiger partial charge < -0.3 is 0 Å². The fourth-order valence-electron chi connectivity index (χ4n) is 2.30. The van der Waals surface area contributed by atoms with Crippen LogP contribution in [0, 0.1) is 0 Å². The smallest absolute Gasteiger partial charge is 0.167 e. The van der Waals surface area contributed by atoms with E-state index in [1.807, 2.05) is 60.7 Å². The van der Waals surface area contributed by atoms with E-state index in [4.69, 9.17) is 0 Å². The van der Waals surface area contributed by atoms with Gasteiger partial charge in [0.1, 0.15) is 0 Å². The molecule has 0 bridgehead atoms. The van der Waals surface area contributed by atoms with Crippen molar-refractivity contribution in [3.05, 3.63) is 83.9 Å². The highest BCUT2D eigenvalue weighted by atomic mass is 16.1. The van der Waals surface area contributed by atoms with Crippen LogP contribution in [0.25, 0.3) is 11.1 Å². The number of hydrogen-bond acceptors (Lipinski definition) is 1. The van der Waals surface area contributed by atoms with Gasteiger partial charge in [0.15, 0.2) is 5.78 Å². The monoisotopic (exact) mass is 246 g/mol. The Morgan fingerprint density at radius 1 is 0.737 bits per heavy atom. The first-order valence-electron chi connectivity index (χ1n) is 6.40. The molecule has 2 aromatic carbocycles. The molecule has 0 radical (unpaired) electrons. The maximum absolute atomic E-state index is 12.1. The van der Waals surface area contributed by atoms with E-state index in [0.29, 0.717) is 6.42 Å². The fraction of sp³-hybridized carbons (Fsp3) is 0.0556. The van der Waals surface area contributed by atoms with Gasteiger partial charge in [0.05, 0.1) is 0 Å². The SMILES string of the molecule is O=C1CC=C(c2ccccc2)C=C1c1ccccc1. The number of carbonyl (C=O) groups excluding carboxylic acids is 1. The predicted molar refractivity (Wildman–Crippen MR) is 78.5 cm³/mol. The summed E-state index contributed by atoms with van der Waals surface area (Å²) in [5.74, 6) is 0.186. The quantitative estimate of drug-likeness (QED) is 0.778. The molecule has 0 heterocycles. The summed E-state index contributed by atoms with van der Waals surface area (Å²) in [5, 5.41) is 0. The van der Waals surface area contributed by atoms with Gasteiger partial charge in [0.2, 0.25) is 0 Å². The summed E-state index contributed by atoms with van der Waals surface area (Å²) >= 11 is 0. The molecule has 0 aliphatic heterocycles. The van der Waals surface area contributed by atoms with Crippen LogP contribution in [0.2, 0.25) is 0 Å². The first-order valence-corrected chi connectivity index (χ1v) is 6.40. The highest BCUT2D eigenvalue weighted by Crippen LogP contribution is 2.28. The topological polar surface area (TPSA) is 17.1 Å². The van der Waals surface area contributed by atoms with Crippen LogP contribution in [0.15, 0.2) is 72.8 Å². The van der Waals surface area contributed by atoms with Crippen molar-refractivity contribution >= 4 is 16.9 Å². The summed E-state index contributed by atoms with van der Waals surface area (Å²) in [6.45, 7) is 0. The van der Waals surface area contributed by atoms with Gasteiger partial charge in [-0.25, -0.2) is 0 Å². The maximum Gasteiger partial charge on any atom is 0.167 e. The molecule has 1 nitrogen and oxygen atoms in total. The lowest BCUT2D eigenvalue weighted by atomic mass is 9.90. The Bertz CT molecular complexity index is 649. The molecule has 1 heteroatoms. The van der Waals surface area contributed by atoms with Gasteiger partial charge in [-0.15, -0.1) is 0 Å². The van der Waals surface area contributed by atoms with Crippen LogP contribution in [-0.4, -0.2) is 5.78 Å². The second kappa shape index (κ2) is 5.07. The normalized spacial score (nSPS) is 14.8. The molecule has 3 rings (SSSR count). The van der Waals surface area contributed by atoms with Gasteiger partial charge >= 0.3 is 0 Å². The van der Waals surface area contributed by atoms with E-state index in [2.05, 4.69) is 12.1 Å². The summed E-state index contributed by atoms with van der Waals surface area (Å²) in [7, 11) is 0. The standard InChI is InChI=1S/C18H14O/c19-18-12-11-16(14-7-3-1-4-8-14)13-17(18)15-9-5-2-6-10-15/h1-11,13H,12H2. The molecular formula is C18H14O. The maximum atomic E-state index is 12.1. The molecule has 1 aliphatic carbocycles. The molecule has 19 heavy (non-hydrogen) atoms. The van der Waals surface area contributed by atoms with E-state index in [1.54, 1.807) is 0 Å². The third kappa shape index (κ3) is 2.41. The zero-order valence-electron chi connectivity index (χ0n) is 10.5. The van der Waals surface area contributed by atoms with Crippen molar-refractivity contribution in [2.75, 3.05) is 0 Å². The summed E-state index contributed by atoms with van der Waals surface area (Å²) < 4.78 is 0. The first kappa shape index (κ1) is 11.7. The van der Waals surface area contributed by atoms with E-state index < -0.39 is 0 Å². The summed E-state index contributed by atoms with van der Waals surface area (Å²) in [5.41, 5.74) is 4.08. The zero-order valence-corrected chi connectivity index (χ0v) is 10.5. The molecule has 92 valence electrons. The second-order valence-corrected chi connectivity index (χ2v) is 4.58. The van der Waals surface area contributed by atoms with Crippen LogP contribution in [0.1, 0.15) is 17.5 Å². The van der Waals surface area contributed by atoms with E-state index in [9.17, 15) is 4.79 Å². The number of benzene rings is 2. The molecule has 0 saturated heterocycles. The minimum atomic E-state index is 0.186. The van der Waals surface area contributed by atoms with E-state index in [1.165, 1.54) is 0 Å². The number of allylic oxidation sites excluding steroid dienone is 4. The Morgan fingerprint density at radius 3 is 1.95 bits per heavy atom. The first-order chi connectivity index (χ1) is 9.34. The Kier molecular flexibility index (Phi) is 3.11. The van der Waals surface area contributed by atoms with Gasteiger partial charge in [-0.05, 0) is 22.8 Å². The molecule has 0 spiro atoms. The van der Waals surface area contributed by atoms with Crippen molar-refractivity contribution in [2.45, 2.75) is 6.42 Å². The number of hydrogen-bond donors (Lipinski definition) is 0. The van der Waals surface area contributed by atoms with Crippen LogP contribution < -0.4 is 0 Å². The van der Waals surface area contributed by atoms with E-state index in [-0.39, 0.29) is 5.78 Å². The van der Waals surface area contributed by atoms with Crippen LogP contribution in [0.4, 0.5) is 0 Å². The Hall–Kier alpha value is -2.41. The predicted octanol–water partition coefficient (Wildman–Crippen LogP) is 4.13. The Balaban J connectivity index is 2.02. The highest BCUT2D eigenvalue weighted by Gasteiger charge is 2.16. The molecule has 0 saturated carbocycles. The average molecular weight is 246 g/mol. The summed E-state index contributed by atoms with van der Waals surface area (Å²) in [6, 6.07) is 20.0. The van der Waals surface area contributed by atoms with Crippen molar-refractivity contribution < 1.29 is 4.79 Å². The van der Waals surface area contributed by atoms with Crippen LogP contribution in [0.3, 0.4) is 0 Å². The largest absolute Gasteiger partial charge is 0.294 e. The van der Waals surface area contributed by atoms with Gasteiger partial charge in [-0.1, -0.05) is 66.7 Å². The molecule has 0 unspecified atom stereocenters. The molecule has 0 aromatic heterocycles. The van der Waals surface area contributed by atoms with E-state index in [0.717, 1.165) is 22.3 Å². The summed E-state index contributed by atoms with van der Waals surface area (Å²) in [4.78, 5) is 12.1. The number of Topliss-reactive ketones (excluding diaryl/α,β-unsaturated/α-hetero) is 1. The van der Waals surface area contributed by atoms with Crippen molar-refractivity contribution in [3.8, 4) is 0 Å². The Morgan fingerprint density at radius 2 is 1.32 bits per heavy atom. The molecule has 0 N–H and O–H groups in total. The summed E-state index contributed by atoms with van der Waals surface area (Å²) in [6.07, 6.45) is 4.48. The fourth-order valence-corrected chi connectivity index (χ4v) is 2.30. The number of ketones is 1. The lowest BCUT2D eigenvalue weighted by Gasteiger charge is -2.13. The second-order valence-electron chi connectivity index (χ2n) is 4.58. The highest BCUT2D eigenvalue weighted by molar-refractivity contribution is 6.24. The third-order valence-corrected chi connectivity index (χ3v) is 3.30. The lowest BCUT2D eigenvalue weighted by molar-refractivity contribution is -0.113. The van der Waals surface area contributed by atoms with Gasteiger partial charge in [-0.2, -0.15) is 0 Å². The lowest BCUT2D eigenvalue weighted by Crippen LogP contribution is -2.05. The van der Waals surface area contributed by atoms with Crippen molar-refractivity contribution in [1.29, 1.82) is 0 Å². The molecule has 1 aliphatic rings. The molecular weight excluding hydrogens is 232 g/mol. The third-order valence-electron chi connectivity index (χ3n) is 3.30. The van der Waals surface area contributed by atoms with Crippen LogP contribution in [0.5, 0.6) is 0 Å². The van der Waals surface area contributed by atoms with Crippen molar-refractivity contribution in [2.24, 2.45) is 0 Å². The van der Waals surface area contributed by atoms with E-state index >= 15 is 0 Å². The van der Waals surface area contributed by atoms with Crippen molar-refractivity contribution in [1.82, 2.24) is 0 Å². The van der Waals surface area contributed by atoms with Crippen molar-refractivity contribution in [3.63, 3.8) is 0 Å². The molecule has 0 fully saturated rings. The molecule has 2 aromatic rings. The van der Waals surface area contributed by atoms with Gasteiger partial charge in [-0.3, -0.25) is 4.79 Å². The van der Waals surface area contributed by atoms with Gasteiger partial charge in [0.25, 0.3) is 0 Å². The van der Waals surface area contributed by atoms with Crippen LogP contribution >= 0.6 is 0 Å². The zero-order chi connectivity index (χ0) is 13.1. The molecule has 0 amide bonds. The minimum absolute atomic E-state index is 0.186.